The van der Waals surface area contributed by atoms with Gasteiger partial charge in [0.25, 0.3) is 0 Å². The molecule has 216 valence electrons. The van der Waals surface area contributed by atoms with Crippen molar-refractivity contribution in [3.8, 4) is 0 Å². The largest absolute Gasteiger partial charge is 0.349 e. The Morgan fingerprint density at radius 3 is 2.46 bits per heavy atom. The van der Waals surface area contributed by atoms with E-state index in [0.717, 1.165) is 29.9 Å². The second-order valence-corrected chi connectivity index (χ2v) is 14.3. The Kier molecular flexibility index (Phi) is 7.27. The Balaban J connectivity index is 1.33. The number of fused-ring (bicyclic) bond motifs is 6. The first-order valence-electron chi connectivity index (χ1n) is 15.1. The first kappa shape index (κ1) is 28.0. The molecule has 6 heteroatoms. The van der Waals surface area contributed by atoms with Gasteiger partial charge in [-0.1, -0.05) is 83.2 Å². The number of hydrogen-bond donors (Lipinski definition) is 0. The quantitative estimate of drug-likeness (QED) is 0.181. The van der Waals surface area contributed by atoms with Crippen molar-refractivity contribution in [3.05, 3.63) is 77.9 Å². The van der Waals surface area contributed by atoms with Gasteiger partial charge in [0.05, 0.1) is 11.5 Å². The monoisotopic (exact) mass is 570 g/mol. The molecule has 1 unspecified atom stereocenters. The van der Waals surface area contributed by atoms with E-state index in [1.54, 1.807) is 6.07 Å². The summed E-state index contributed by atoms with van der Waals surface area (Å²) in [6.07, 6.45) is 13.4. The SMILES string of the molecule is CCCCCCCCn1c2ccccc2c2cc(C=CC34OCCN3c3ccc(S(C)(=O)=O)cc3C4(C)C)ccc21. The molecule has 2 aliphatic rings. The normalized spacial score (nSPS) is 20.0. The lowest BCUT2D eigenvalue weighted by Gasteiger charge is -2.39. The maximum Gasteiger partial charge on any atom is 0.175 e. The Morgan fingerprint density at radius 1 is 0.902 bits per heavy atom. The van der Waals surface area contributed by atoms with Crippen LogP contribution in [0.2, 0.25) is 0 Å². The number of aromatic nitrogens is 1. The number of anilines is 1. The van der Waals surface area contributed by atoms with E-state index < -0.39 is 21.0 Å². The third kappa shape index (κ3) is 4.69. The van der Waals surface area contributed by atoms with E-state index >= 15 is 0 Å². The molecule has 2 aliphatic heterocycles. The Bertz CT molecular complexity index is 1730. The molecule has 0 bridgehead atoms. The van der Waals surface area contributed by atoms with Gasteiger partial charge in [-0.05, 0) is 60.0 Å². The van der Waals surface area contributed by atoms with E-state index in [2.05, 4.69) is 84.9 Å². The highest BCUT2D eigenvalue weighted by Crippen LogP contribution is 2.55. The van der Waals surface area contributed by atoms with Gasteiger partial charge in [0.2, 0.25) is 0 Å². The van der Waals surface area contributed by atoms with Crippen molar-refractivity contribution in [2.75, 3.05) is 24.3 Å². The summed E-state index contributed by atoms with van der Waals surface area (Å²) in [7, 11) is -3.30. The third-order valence-electron chi connectivity index (χ3n) is 9.33. The molecule has 4 aromatic rings. The lowest BCUT2D eigenvalue weighted by molar-refractivity contribution is 0.000294. The zero-order chi connectivity index (χ0) is 28.8. The topological polar surface area (TPSA) is 51.5 Å². The standard InChI is InChI=1S/C35H42N2O3S/c1-5-6-7-8-9-12-21-36-31-14-11-10-13-28(31)29-24-26(15-17-32(29)36)19-20-35-34(2,3)30-25-27(41(4,38)39)16-18-33(30)37(35)22-23-40-35/h10-11,13-20,24-25H,5-9,12,21-23H2,1-4H3. The van der Waals surface area contributed by atoms with Crippen LogP contribution in [0.15, 0.2) is 71.6 Å². The fourth-order valence-corrected chi connectivity index (χ4v) is 7.70. The van der Waals surface area contributed by atoms with Crippen LogP contribution in [-0.2, 0) is 26.5 Å². The first-order valence-corrected chi connectivity index (χ1v) is 17.0. The van der Waals surface area contributed by atoms with Gasteiger partial charge in [0.1, 0.15) is 0 Å². The summed E-state index contributed by atoms with van der Waals surface area (Å²) in [5.74, 6) is 0. The Labute approximate surface area is 244 Å². The molecule has 0 aliphatic carbocycles. The van der Waals surface area contributed by atoms with Crippen LogP contribution in [0.3, 0.4) is 0 Å². The third-order valence-corrected chi connectivity index (χ3v) is 10.4. The highest BCUT2D eigenvalue weighted by Gasteiger charge is 2.59. The van der Waals surface area contributed by atoms with E-state index in [9.17, 15) is 8.42 Å². The average molecular weight is 571 g/mol. The summed E-state index contributed by atoms with van der Waals surface area (Å²) in [5.41, 5.74) is 4.68. The van der Waals surface area contributed by atoms with Crippen molar-refractivity contribution in [2.45, 2.75) is 81.9 Å². The zero-order valence-electron chi connectivity index (χ0n) is 24.8. The maximum absolute atomic E-state index is 12.3. The molecule has 1 fully saturated rings. The fraction of sp³-hybridized carbons (Fsp3) is 0.429. The van der Waals surface area contributed by atoms with Crippen molar-refractivity contribution in [1.29, 1.82) is 0 Å². The number of sulfone groups is 1. The number of ether oxygens (including phenoxy) is 1. The summed E-state index contributed by atoms with van der Waals surface area (Å²) < 4.78 is 33.7. The van der Waals surface area contributed by atoms with Crippen LogP contribution in [0.5, 0.6) is 0 Å². The van der Waals surface area contributed by atoms with E-state index in [1.807, 2.05) is 12.1 Å². The second-order valence-electron chi connectivity index (χ2n) is 12.3. The molecule has 3 heterocycles. The van der Waals surface area contributed by atoms with Crippen molar-refractivity contribution >= 4 is 43.4 Å². The lowest BCUT2D eigenvalue weighted by Crippen LogP contribution is -2.51. The van der Waals surface area contributed by atoms with Crippen LogP contribution in [-0.4, -0.2) is 38.1 Å². The van der Waals surface area contributed by atoms with Crippen LogP contribution in [0.1, 0.15) is 70.4 Å². The minimum Gasteiger partial charge on any atom is -0.349 e. The number of hydrogen-bond acceptors (Lipinski definition) is 4. The van der Waals surface area contributed by atoms with Crippen LogP contribution >= 0.6 is 0 Å². The molecule has 0 radical (unpaired) electrons. The van der Waals surface area contributed by atoms with Gasteiger partial charge in [0, 0.05) is 52.3 Å². The molecule has 1 atom stereocenters. The van der Waals surface area contributed by atoms with E-state index in [-0.39, 0.29) is 0 Å². The molecule has 1 saturated heterocycles. The van der Waals surface area contributed by atoms with E-state index in [0.29, 0.717) is 11.5 Å². The highest BCUT2D eigenvalue weighted by atomic mass is 32.2. The molecular formula is C35H42N2O3S. The van der Waals surface area contributed by atoms with Crippen LogP contribution in [0.25, 0.3) is 27.9 Å². The summed E-state index contributed by atoms with van der Waals surface area (Å²) in [6, 6.07) is 21.0. The van der Waals surface area contributed by atoms with E-state index in [4.69, 9.17) is 4.74 Å². The molecular weight excluding hydrogens is 528 g/mol. The lowest BCUT2D eigenvalue weighted by atomic mass is 9.77. The van der Waals surface area contributed by atoms with E-state index in [1.165, 1.54) is 66.6 Å². The first-order chi connectivity index (χ1) is 19.7. The van der Waals surface area contributed by atoms with Gasteiger partial charge >= 0.3 is 0 Å². The van der Waals surface area contributed by atoms with Gasteiger partial charge in [0.15, 0.2) is 15.6 Å². The van der Waals surface area contributed by atoms with Crippen molar-refractivity contribution in [3.63, 3.8) is 0 Å². The van der Waals surface area contributed by atoms with Gasteiger partial charge in [-0.3, -0.25) is 0 Å². The Hall–Kier alpha value is -3.09. The highest BCUT2D eigenvalue weighted by molar-refractivity contribution is 7.90. The predicted octanol–water partition coefficient (Wildman–Crippen LogP) is 8.10. The predicted molar refractivity (Wildman–Crippen MR) is 170 cm³/mol. The Morgan fingerprint density at radius 2 is 1.66 bits per heavy atom. The molecule has 5 nitrogen and oxygen atoms in total. The van der Waals surface area contributed by atoms with Crippen molar-refractivity contribution in [2.24, 2.45) is 0 Å². The number of nitrogens with zero attached hydrogens (tertiary/aromatic N) is 2. The van der Waals surface area contributed by atoms with Gasteiger partial charge in [-0.2, -0.15) is 0 Å². The van der Waals surface area contributed by atoms with Crippen molar-refractivity contribution in [1.82, 2.24) is 4.57 Å². The molecule has 3 aromatic carbocycles. The van der Waals surface area contributed by atoms with Gasteiger partial charge in [-0.15, -0.1) is 0 Å². The molecule has 0 saturated carbocycles. The number of para-hydroxylation sites is 1. The van der Waals surface area contributed by atoms with Gasteiger partial charge in [-0.25, -0.2) is 8.42 Å². The van der Waals surface area contributed by atoms with Crippen LogP contribution < -0.4 is 4.90 Å². The van der Waals surface area contributed by atoms with Crippen LogP contribution in [0, 0.1) is 0 Å². The second kappa shape index (κ2) is 10.6. The summed E-state index contributed by atoms with van der Waals surface area (Å²) >= 11 is 0. The van der Waals surface area contributed by atoms with Crippen LogP contribution in [0.4, 0.5) is 5.69 Å². The maximum atomic E-state index is 12.3. The average Bonchev–Trinajstić information content (AvgIpc) is 3.58. The van der Waals surface area contributed by atoms with Gasteiger partial charge < -0.3 is 14.2 Å². The molecule has 0 N–H and O–H groups in total. The number of rotatable bonds is 10. The molecule has 41 heavy (non-hydrogen) atoms. The molecule has 0 amide bonds. The minimum absolute atomic E-state index is 0.354. The molecule has 1 aromatic heterocycles. The minimum atomic E-state index is -3.30. The number of benzene rings is 3. The smallest absolute Gasteiger partial charge is 0.175 e. The molecule has 0 spiro atoms. The summed E-state index contributed by atoms with van der Waals surface area (Å²) in [6.45, 7) is 9.02. The van der Waals surface area contributed by atoms with Crippen molar-refractivity contribution < 1.29 is 13.2 Å². The molecule has 6 rings (SSSR count). The number of unbranched alkanes of at least 4 members (excludes halogenated alkanes) is 5. The zero-order valence-corrected chi connectivity index (χ0v) is 25.6. The number of aryl methyl sites for hydroxylation is 1. The summed E-state index contributed by atoms with van der Waals surface area (Å²) in [5, 5.41) is 2.57. The fourth-order valence-electron chi connectivity index (χ4n) is 7.05. The summed E-state index contributed by atoms with van der Waals surface area (Å²) in [4.78, 5) is 2.66.